The first-order valence-corrected chi connectivity index (χ1v) is 12.4. The summed E-state index contributed by atoms with van der Waals surface area (Å²) < 4.78 is 11.1. The van der Waals surface area contributed by atoms with Crippen molar-refractivity contribution in [2.75, 3.05) is 46.0 Å². The van der Waals surface area contributed by atoms with Gasteiger partial charge in [-0.2, -0.15) is 0 Å². The van der Waals surface area contributed by atoms with Crippen molar-refractivity contribution in [1.29, 1.82) is 0 Å². The van der Waals surface area contributed by atoms with E-state index in [-0.39, 0.29) is 11.3 Å². The average Bonchev–Trinajstić information content (AvgIpc) is 3.12. The van der Waals surface area contributed by atoms with Gasteiger partial charge in [0.05, 0.1) is 31.4 Å². The predicted molar refractivity (Wildman–Crippen MR) is 135 cm³/mol. The van der Waals surface area contributed by atoms with Crippen molar-refractivity contribution in [3.8, 4) is 5.75 Å². The zero-order chi connectivity index (χ0) is 24.9. The summed E-state index contributed by atoms with van der Waals surface area (Å²) in [6, 6.07) is 11.7. The Labute approximate surface area is 210 Å². The Morgan fingerprint density at radius 2 is 1.83 bits per heavy atom. The molecule has 35 heavy (non-hydrogen) atoms. The molecule has 7 nitrogen and oxygen atoms in total. The van der Waals surface area contributed by atoms with Gasteiger partial charge < -0.3 is 19.5 Å². The predicted octanol–water partition coefficient (Wildman–Crippen LogP) is 4.19. The molecule has 4 rings (SSSR count). The van der Waals surface area contributed by atoms with Crippen LogP contribution in [0, 0.1) is 6.92 Å². The van der Waals surface area contributed by atoms with Crippen LogP contribution in [0.5, 0.6) is 5.75 Å². The molecule has 2 aliphatic rings. The Morgan fingerprint density at radius 1 is 1.11 bits per heavy atom. The van der Waals surface area contributed by atoms with E-state index in [1.54, 1.807) is 41.3 Å². The summed E-state index contributed by atoms with van der Waals surface area (Å²) in [4.78, 5) is 30.2. The van der Waals surface area contributed by atoms with Gasteiger partial charge in [-0.1, -0.05) is 30.7 Å². The number of aliphatic hydroxyl groups is 1. The summed E-state index contributed by atoms with van der Waals surface area (Å²) in [6.45, 7) is 8.30. The standard InChI is InChI=1S/C27H31ClN2O5/c1-3-14-35-21-8-9-22(18(2)17-21)25(31)23-24(19-4-6-20(28)7-5-19)30(27(33)26(23)32)11-10-29-12-15-34-16-13-29/h4-9,17,24,31H,3,10-16H2,1-2H3. The normalized spacial score (nSPS) is 20.4. The van der Waals surface area contributed by atoms with Gasteiger partial charge in [-0.15, -0.1) is 0 Å². The van der Waals surface area contributed by atoms with E-state index >= 15 is 0 Å². The zero-order valence-corrected chi connectivity index (χ0v) is 20.9. The minimum absolute atomic E-state index is 0.0876. The van der Waals surface area contributed by atoms with Crippen LogP contribution in [0.1, 0.15) is 36.1 Å². The summed E-state index contributed by atoms with van der Waals surface area (Å²) in [7, 11) is 0. The number of ether oxygens (including phenoxy) is 2. The number of nitrogens with zero attached hydrogens (tertiary/aromatic N) is 2. The third-order valence-electron chi connectivity index (χ3n) is 6.41. The Kier molecular flexibility index (Phi) is 8.11. The van der Waals surface area contributed by atoms with E-state index in [1.807, 2.05) is 19.9 Å². The molecule has 186 valence electrons. The van der Waals surface area contributed by atoms with E-state index in [2.05, 4.69) is 4.90 Å². The first-order valence-electron chi connectivity index (χ1n) is 12.0. The van der Waals surface area contributed by atoms with Crippen molar-refractivity contribution >= 4 is 29.1 Å². The second kappa shape index (κ2) is 11.2. The number of rotatable bonds is 8. The summed E-state index contributed by atoms with van der Waals surface area (Å²) in [5.41, 5.74) is 2.06. The molecule has 0 radical (unpaired) electrons. The Balaban J connectivity index is 1.71. The maximum absolute atomic E-state index is 13.3. The Morgan fingerprint density at radius 3 is 2.49 bits per heavy atom. The van der Waals surface area contributed by atoms with Gasteiger partial charge in [0.25, 0.3) is 11.7 Å². The van der Waals surface area contributed by atoms with Crippen molar-refractivity contribution in [3.05, 3.63) is 69.8 Å². The Bertz CT molecular complexity index is 1110. The van der Waals surface area contributed by atoms with E-state index in [0.717, 1.165) is 30.6 Å². The van der Waals surface area contributed by atoms with E-state index in [0.29, 0.717) is 49.2 Å². The Hall–Kier alpha value is -2.87. The molecule has 0 bridgehead atoms. The fourth-order valence-electron chi connectivity index (χ4n) is 4.53. The van der Waals surface area contributed by atoms with Crippen molar-refractivity contribution in [1.82, 2.24) is 9.80 Å². The summed E-state index contributed by atoms with van der Waals surface area (Å²) in [5.74, 6) is -0.784. The maximum Gasteiger partial charge on any atom is 0.295 e. The molecule has 2 heterocycles. The van der Waals surface area contributed by atoms with Crippen molar-refractivity contribution in [2.45, 2.75) is 26.3 Å². The lowest BCUT2D eigenvalue weighted by Crippen LogP contribution is -2.42. The molecular weight excluding hydrogens is 468 g/mol. The number of carbonyl (C=O) groups excluding carboxylic acids is 2. The van der Waals surface area contributed by atoms with E-state index in [4.69, 9.17) is 21.1 Å². The highest BCUT2D eigenvalue weighted by atomic mass is 35.5. The molecule has 2 fully saturated rings. The summed E-state index contributed by atoms with van der Waals surface area (Å²) in [5, 5.41) is 11.9. The maximum atomic E-state index is 13.3. The van der Waals surface area contributed by atoms with Crippen LogP contribution < -0.4 is 4.74 Å². The SMILES string of the molecule is CCCOc1ccc(C(O)=C2C(=O)C(=O)N(CCN3CCOCC3)C2c2ccc(Cl)cc2)c(C)c1. The van der Waals surface area contributed by atoms with Gasteiger partial charge >= 0.3 is 0 Å². The highest BCUT2D eigenvalue weighted by molar-refractivity contribution is 6.46. The van der Waals surface area contributed by atoms with Crippen molar-refractivity contribution < 1.29 is 24.2 Å². The van der Waals surface area contributed by atoms with Gasteiger partial charge in [-0.3, -0.25) is 14.5 Å². The number of benzene rings is 2. The molecule has 2 aromatic carbocycles. The molecule has 0 aromatic heterocycles. The van der Waals surface area contributed by atoms with Crippen LogP contribution >= 0.6 is 11.6 Å². The molecule has 2 aliphatic heterocycles. The second-order valence-corrected chi connectivity index (χ2v) is 9.26. The van der Waals surface area contributed by atoms with Crippen LogP contribution in [0.3, 0.4) is 0 Å². The summed E-state index contributed by atoms with van der Waals surface area (Å²) >= 11 is 6.10. The molecule has 2 aromatic rings. The third-order valence-corrected chi connectivity index (χ3v) is 6.66. The number of carbonyl (C=O) groups is 2. The molecule has 2 saturated heterocycles. The number of halogens is 1. The lowest BCUT2D eigenvalue weighted by molar-refractivity contribution is -0.140. The van der Waals surface area contributed by atoms with Crippen LogP contribution in [0.15, 0.2) is 48.0 Å². The largest absolute Gasteiger partial charge is 0.507 e. The zero-order valence-electron chi connectivity index (χ0n) is 20.1. The minimum atomic E-state index is -0.705. The van der Waals surface area contributed by atoms with Gasteiger partial charge in [0, 0.05) is 36.8 Å². The number of amides is 1. The molecule has 0 spiro atoms. The lowest BCUT2D eigenvalue weighted by atomic mass is 9.94. The van der Waals surface area contributed by atoms with Gasteiger partial charge in [0.15, 0.2) is 0 Å². The van der Waals surface area contributed by atoms with Crippen LogP contribution in [-0.4, -0.2) is 72.6 Å². The number of aryl methyl sites for hydroxylation is 1. The number of hydrogen-bond donors (Lipinski definition) is 1. The van der Waals surface area contributed by atoms with Crippen LogP contribution in [0.25, 0.3) is 5.76 Å². The summed E-state index contributed by atoms with van der Waals surface area (Å²) in [6.07, 6.45) is 0.885. The van der Waals surface area contributed by atoms with E-state index < -0.39 is 17.7 Å². The first-order chi connectivity index (χ1) is 16.9. The first kappa shape index (κ1) is 25.2. The second-order valence-electron chi connectivity index (χ2n) is 8.82. The number of likely N-dealkylation sites (tertiary alicyclic amines) is 1. The monoisotopic (exact) mass is 498 g/mol. The van der Waals surface area contributed by atoms with Gasteiger partial charge in [0.2, 0.25) is 0 Å². The smallest absolute Gasteiger partial charge is 0.295 e. The highest BCUT2D eigenvalue weighted by Crippen LogP contribution is 2.40. The fraction of sp³-hybridized carbons (Fsp3) is 0.407. The van der Waals surface area contributed by atoms with Crippen molar-refractivity contribution in [3.63, 3.8) is 0 Å². The number of ketones is 1. The molecule has 0 aliphatic carbocycles. The van der Waals surface area contributed by atoms with E-state index in [1.165, 1.54) is 0 Å². The van der Waals surface area contributed by atoms with Gasteiger partial charge in [-0.05, 0) is 54.8 Å². The van der Waals surface area contributed by atoms with Crippen molar-refractivity contribution in [2.24, 2.45) is 0 Å². The van der Waals surface area contributed by atoms with Gasteiger partial charge in [-0.25, -0.2) is 0 Å². The van der Waals surface area contributed by atoms with Crippen LogP contribution in [-0.2, 0) is 14.3 Å². The quantitative estimate of drug-likeness (QED) is 0.334. The van der Waals surface area contributed by atoms with Crippen LogP contribution in [0.4, 0.5) is 0 Å². The molecule has 1 N–H and O–H groups in total. The fourth-order valence-corrected chi connectivity index (χ4v) is 4.66. The molecule has 0 saturated carbocycles. The molecule has 8 heteroatoms. The number of aliphatic hydroxyl groups excluding tert-OH is 1. The molecule has 1 unspecified atom stereocenters. The average molecular weight is 499 g/mol. The number of Topliss-reactive ketones (excluding diaryl/α,β-unsaturated/α-hetero) is 1. The lowest BCUT2D eigenvalue weighted by Gasteiger charge is -2.31. The topological polar surface area (TPSA) is 79.3 Å². The van der Waals surface area contributed by atoms with Crippen LogP contribution in [0.2, 0.25) is 5.02 Å². The minimum Gasteiger partial charge on any atom is -0.507 e. The van der Waals surface area contributed by atoms with E-state index in [9.17, 15) is 14.7 Å². The molecular formula is C27H31ClN2O5. The number of morpholine rings is 1. The molecule has 1 amide bonds. The third kappa shape index (κ3) is 5.53. The van der Waals surface area contributed by atoms with Gasteiger partial charge in [0.1, 0.15) is 11.5 Å². The molecule has 1 atom stereocenters. The number of hydrogen-bond acceptors (Lipinski definition) is 6. The highest BCUT2D eigenvalue weighted by Gasteiger charge is 2.46.